The summed E-state index contributed by atoms with van der Waals surface area (Å²) in [7, 11) is 0. The van der Waals surface area contributed by atoms with Crippen molar-refractivity contribution in [2.75, 3.05) is 17.6 Å². The maximum absolute atomic E-state index is 5.83. The van der Waals surface area contributed by atoms with Gasteiger partial charge in [-0.3, -0.25) is 0 Å². The van der Waals surface area contributed by atoms with Crippen LogP contribution in [0.1, 0.15) is 12.8 Å². The topological polar surface area (TPSA) is 63.8 Å². The molecule has 1 aromatic carbocycles. The zero-order valence-electron chi connectivity index (χ0n) is 10.1. The van der Waals surface area contributed by atoms with E-state index in [1.807, 2.05) is 30.3 Å². The van der Waals surface area contributed by atoms with Crippen LogP contribution in [0.3, 0.4) is 0 Å². The largest absolute Gasteiger partial charge is 0.384 e. The number of benzene rings is 1. The molecule has 0 amide bonds. The maximum atomic E-state index is 5.83. The molecule has 0 bridgehead atoms. The Kier molecular flexibility index (Phi) is 2.84. The van der Waals surface area contributed by atoms with Crippen LogP contribution >= 0.6 is 0 Å². The Morgan fingerprint density at radius 3 is 2.67 bits per heavy atom. The van der Waals surface area contributed by atoms with Crippen molar-refractivity contribution in [1.82, 2.24) is 9.97 Å². The molecule has 1 aromatic heterocycles. The number of nitrogen functional groups attached to an aromatic ring is 1. The predicted molar refractivity (Wildman–Crippen MR) is 73.1 cm³/mol. The number of anilines is 2. The average molecular weight is 240 g/mol. The van der Waals surface area contributed by atoms with E-state index >= 15 is 0 Å². The summed E-state index contributed by atoms with van der Waals surface area (Å²) in [6, 6.07) is 11.7. The van der Waals surface area contributed by atoms with Crippen LogP contribution in [0.5, 0.6) is 0 Å². The van der Waals surface area contributed by atoms with Gasteiger partial charge in [0.1, 0.15) is 11.6 Å². The first-order chi connectivity index (χ1) is 8.81. The quantitative estimate of drug-likeness (QED) is 0.862. The van der Waals surface area contributed by atoms with Crippen LogP contribution < -0.4 is 11.1 Å². The second kappa shape index (κ2) is 4.64. The van der Waals surface area contributed by atoms with Gasteiger partial charge in [-0.2, -0.15) is 0 Å². The molecule has 3 rings (SSSR count). The molecule has 2 aromatic rings. The minimum absolute atomic E-state index is 0.502. The number of nitrogens with two attached hydrogens (primary N) is 1. The molecular formula is C14H16N4. The lowest BCUT2D eigenvalue weighted by molar-refractivity contribution is 0.882. The van der Waals surface area contributed by atoms with Crippen LogP contribution in [0, 0.1) is 5.92 Å². The maximum Gasteiger partial charge on any atom is 0.163 e. The number of rotatable bonds is 4. The van der Waals surface area contributed by atoms with Crippen LogP contribution in [-0.4, -0.2) is 16.5 Å². The van der Waals surface area contributed by atoms with E-state index in [0.29, 0.717) is 11.6 Å². The van der Waals surface area contributed by atoms with Gasteiger partial charge in [0, 0.05) is 18.2 Å². The fourth-order valence-electron chi connectivity index (χ4n) is 1.84. The average Bonchev–Trinajstić information content (AvgIpc) is 3.21. The number of hydrogen-bond donors (Lipinski definition) is 2. The van der Waals surface area contributed by atoms with Gasteiger partial charge in [-0.25, -0.2) is 9.97 Å². The number of nitrogens with one attached hydrogen (secondary N) is 1. The first kappa shape index (κ1) is 11.0. The fourth-order valence-corrected chi connectivity index (χ4v) is 1.84. The first-order valence-corrected chi connectivity index (χ1v) is 6.25. The molecule has 1 heterocycles. The standard InChI is InChI=1S/C14H16N4/c15-12-8-13(16-9-10-6-7-10)18-14(17-12)11-4-2-1-3-5-11/h1-5,8,10H,6-7,9H2,(H3,15,16,17,18). The summed E-state index contributed by atoms with van der Waals surface area (Å²) in [5, 5.41) is 3.33. The first-order valence-electron chi connectivity index (χ1n) is 6.25. The lowest BCUT2D eigenvalue weighted by Crippen LogP contribution is -2.07. The van der Waals surface area contributed by atoms with E-state index < -0.39 is 0 Å². The molecule has 0 saturated heterocycles. The molecule has 0 spiro atoms. The van der Waals surface area contributed by atoms with Crippen molar-refractivity contribution in [1.29, 1.82) is 0 Å². The van der Waals surface area contributed by atoms with Gasteiger partial charge in [0.15, 0.2) is 5.82 Å². The van der Waals surface area contributed by atoms with E-state index in [-0.39, 0.29) is 0 Å². The number of hydrogen-bond acceptors (Lipinski definition) is 4. The Morgan fingerprint density at radius 2 is 1.94 bits per heavy atom. The summed E-state index contributed by atoms with van der Waals surface area (Å²) >= 11 is 0. The molecule has 1 saturated carbocycles. The van der Waals surface area contributed by atoms with Gasteiger partial charge < -0.3 is 11.1 Å². The summed E-state index contributed by atoms with van der Waals surface area (Å²) < 4.78 is 0. The fraction of sp³-hybridized carbons (Fsp3) is 0.286. The van der Waals surface area contributed by atoms with Crippen LogP contribution in [0.4, 0.5) is 11.6 Å². The Bertz CT molecular complexity index is 535. The van der Waals surface area contributed by atoms with Crippen LogP contribution in [0.15, 0.2) is 36.4 Å². The number of aromatic nitrogens is 2. The summed E-state index contributed by atoms with van der Waals surface area (Å²) in [5.41, 5.74) is 6.81. The molecule has 1 aliphatic carbocycles. The Labute approximate surface area is 106 Å². The lowest BCUT2D eigenvalue weighted by atomic mass is 10.2. The Hall–Kier alpha value is -2.10. The minimum atomic E-state index is 0.502. The highest BCUT2D eigenvalue weighted by atomic mass is 15.1. The normalized spacial score (nSPS) is 14.4. The van der Waals surface area contributed by atoms with Crippen LogP contribution in [0.25, 0.3) is 11.4 Å². The van der Waals surface area contributed by atoms with Crippen molar-refractivity contribution in [3.05, 3.63) is 36.4 Å². The van der Waals surface area contributed by atoms with Crippen molar-refractivity contribution in [2.45, 2.75) is 12.8 Å². The van der Waals surface area contributed by atoms with Crippen LogP contribution in [-0.2, 0) is 0 Å². The summed E-state index contributed by atoms with van der Waals surface area (Å²) in [5.74, 6) is 2.80. The molecule has 18 heavy (non-hydrogen) atoms. The van der Waals surface area contributed by atoms with E-state index in [9.17, 15) is 0 Å². The number of nitrogens with zero attached hydrogens (tertiary/aromatic N) is 2. The smallest absolute Gasteiger partial charge is 0.163 e. The van der Waals surface area contributed by atoms with Gasteiger partial charge in [-0.15, -0.1) is 0 Å². The molecule has 0 unspecified atom stereocenters. The van der Waals surface area contributed by atoms with Crippen molar-refractivity contribution < 1.29 is 0 Å². The summed E-state index contributed by atoms with van der Waals surface area (Å²) in [4.78, 5) is 8.77. The van der Waals surface area contributed by atoms with Crippen molar-refractivity contribution in [2.24, 2.45) is 5.92 Å². The minimum Gasteiger partial charge on any atom is -0.384 e. The van der Waals surface area contributed by atoms with Gasteiger partial charge in [-0.05, 0) is 18.8 Å². The SMILES string of the molecule is Nc1cc(NCC2CC2)nc(-c2ccccc2)n1. The molecule has 4 heteroatoms. The van der Waals surface area contributed by atoms with Gasteiger partial charge >= 0.3 is 0 Å². The third kappa shape index (κ3) is 2.59. The third-order valence-corrected chi connectivity index (χ3v) is 3.05. The molecule has 0 atom stereocenters. The van der Waals surface area contributed by atoms with E-state index in [1.165, 1.54) is 12.8 Å². The van der Waals surface area contributed by atoms with Crippen molar-refractivity contribution in [3.8, 4) is 11.4 Å². The molecule has 92 valence electrons. The van der Waals surface area contributed by atoms with Gasteiger partial charge in [0.05, 0.1) is 0 Å². The van der Waals surface area contributed by atoms with Crippen molar-refractivity contribution in [3.63, 3.8) is 0 Å². The highest BCUT2D eigenvalue weighted by molar-refractivity contribution is 5.60. The molecule has 1 aliphatic rings. The van der Waals surface area contributed by atoms with Gasteiger partial charge in [0.2, 0.25) is 0 Å². The van der Waals surface area contributed by atoms with E-state index in [4.69, 9.17) is 5.73 Å². The highest BCUT2D eigenvalue weighted by Crippen LogP contribution is 2.29. The molecular weight excluding hydrogens is 224 g/mol. The monoisotopic (exact) mass is 240 g/mol. The molecule has 0 radical (unpaired) electrons. The zero-order chi connectivity index (χ0) is 12.4. The molecule has 1 fully saturated rings. The van der Waals surface area contributed by atoms with E-state index in [2.05, 4.69) is 15.3 Å². The van der Waals surface area contributed by atoms with E-state index in [1.54, 1.807) is 6.07 Å². The second-order valence-corrected chi connectivity index (χ2v) is 4.69. The van der Waals surface area contributed by atoms with Gasteiger partial charge in [0.25, 0.3) is 0 Å². The van der Waals surface area contributed by atoms with Crippen LogP contribution in [0.2, 0.25) is 0 Å². The Morgan fingerprint density at radius 1 is 1.17 bits per heavy atom. The third-order valence-electron chi connectivity index (χ3n) is 3.05. The molecule has 4 nitrogen and oxygen atoms in total. The predicted octanol–water partition coefficient (Wildman–Crippen LogP) is 2.55. The van der Waals surface area contributed by atoms with Gasteiger partial charge in [-0.1, -0.05) is 30.3 Å². The zero-order valence-corrected chi connectivity index (χ0v) is 10.1. The molecule has 3 N–H and O–H groups in total. The summed E-state index contributed by atoms with van der Waals surface area (Å²) in [6.45, 7) is 0.977. The highest BCUT2D eigenvalue weighted by Gasteiger charge is 2.20. The van der Waals surface area contributed by atoms with E-state index in [0.717, 1.165) is 23.8 Å². The lowest BCUT2D eigenvalue weighted by Gasteiger charge is -2.07. The molecule has 0 aliphatic heterocycles. The Balaban J connectivity index is 1.85. The van der Waals surface area contributed by atoms with Crippen molar-refractivity contribution >= 4 is 11.6 Å². The second-order valence-electron chi connectivity index (χ2n) is 4.69. The summed E-state index contributed by atoms with van der Waals surface area (Å²) in [6.07, 6.45) is 2.64.